The minimum Gasteiger partial charge on any atom is -0.357 e. The molecule has 6 nitrogen and oxygen atoms in total. The average Bonchev–Trinajstić information content (AvgIpc) is 3.11. The number of aliphatic imine (C=N–C) groups is 1. The minimum absolute atomic E-state index is 0. The van der Waals surface area contributed by atoms with Gasteiger partial charge in [-0.15, -0.1) is 24.0 Å². The summed E-state index contributed by atoms with van der Waals surface area (Å²) >= 11 is 0. The number of guanidine groups is 1. The molecule has 1 fully saturated rings. The van der Waals surface area contributed by atoms with E-state index >= 15 is 0 Å². The summed E-state index contributed by atoms with van der Waals surface area (Å²) in [5.41, 5.74) is 1.03. The number of benzene rings is 1. The van der Waals surface area contributed by atoms with Gasteiger partial charge in [-0.3, -0.25) is 9.79 Å². The molecule has 0 saturated carbocycles. The molecular weight excluding hydrogens is 472 g/mol. The lowest BCUT2D eigenvalue weighted by Gasteiger charge is -2.24. The Hall–Kier alpha value is -1.42. The van der Waals surface area contributed by atoms with Gasteiger partial charge in [0, 0.05) is 32.1 Å². The standard InChI is InChI=1S/C20H32FN5O.HI/c1-5-19(27)26-12-11-17(14-26)24-20(22-6-2)23-13-18(25(3)4)15-7-9-16(21)10-8-15;/h7-10,17-18H,5-6,11-14H2,1-4H3,(H2,22,23,24);1H. The van der Waals surface area contributed by atoms with E-state index in [1.807, 2.05) is 32.8 Å². The number of halogens is 2. The van der Waals surface area contributed by atoms with E-state index in [1.54, 1.807) is 12.1 Å². The van der Waals surface area contributed by atoms with Crippen LogP contribution in [0, 0.1) is 5.82 Å². The fraction of sp³-hybridized carbons (Fsp3) is 0.600. The predicted molar refractivity (Wildman–Crippen MR) is 123 cm³/mol. The van der Waals surface area contributed by atoms with E-state index in [9.17, 15) is 9.18 Å². The van der Waals surface area contributed by atoms with E-state index in [2.05, 4.69) is 15.5 Å². The number of carbonyl (C=O) groups excluding carboxylic acids is 1. The van der Waals surface area contributed by atoms with Gasteiger partial charge in [-0.25, -0.2) is 4.39 Å². The first kappa shape index (κ1) is 24.6. The second-order valence-corrected chi connectivity index (χ2v) is 7.07. The van der Waals surface area contributed by atoms with Crippen molar-refractivity contribution in [1.82, 2.24) is 20.4 Å². The Balaban J connectivity index is 0.00000392. The molecule has 1 heterocycles. The minimum atomic E-state index is -0.234. The number of amides is 1. The molecular formula is C20H33FIN5O. The number of carbonyl (C=O) groups is 1. The summed E-state index contributed by atoms with van der Waals surface area (Å²) in [6, 6.07) is 6.85. The molecule has 0 bridgehead atoms. The molecule has 1 saturated heterocycles. The fourth-order valence-corrected chi connectivity index (χ4v) is 3.27. The molecule has 0 aliphatic carbocycles. The molecule has 1 aromatic carbocycles. The third kappa shape index (κ3) is 7.20. The van der Waals surface area contributed by atoms with E-state index in [-0.39, 0.29) is 47.8 Å². The molecule has 2 rings (SSSR count). The van der Waals surface area contributed by atoms with Crippen molar-refractivity contribution in [3.8, 4) is 0 Å². The van der Waals surface area contributed by atoms with Crippen LogP contribution in [0.25, 0.3) is 0 Å². The Morgan fingerprint density at radius 1 is 1.32 bits per heavy atom. The highest BCUT2D eigenvalue weighted by Crippen LogP contribution is 2.19. The molecule has 158 valence electrons. The van der Waals surface area contributed by atoms with Crippen molar-refractivity contribution in [3.63, 3.8) is 0 Å². The first-order valence-corrected chi connectivity index (χ1v) is 9.69. The van der Waals surface area contributed by atoms with Gasteiger partial charge < -0.3 is 20.4 Å². The number of likely N-dealkylation sites (N-methyl/N-ethyl adjacent to an activating group) is 1. The smallest absolute Gasteiger partial charge is 0.222 e. The van der Waals surface area contributed by atoms with Crippen LogP contribution < -0.4 is 10.6 Å². The van der Waals surface area contributed by atoms with Crippen LogP contribution in [0.5, 0.6) is 0 Å². The van der Waals surface area contributed by atoms with E-state index in [4.69, 9.17) is 4.99 Å². The van der Waals surface area contributed by atoms with Crippen molar-refractivity contribution in [3.05, 3.63) is 35.6 Å². The van der Waals surface area contributed by atoms with Crippen LogP contribution in [0.2, 0.25) is 0 Å². The Labute approximate surface area is 185 Å². The monoisotopic (exact) mass is 505 g/mol. The van der Waals surface area contributed by atoms with Gasteiger partial charge in [0.2, 0.25) is 5.91 Å². The van der Waals surface area contributed by atoms with E-state index in [0.29, 0.717) is 19.5 Å². The summed E-state index contributed by atoms with van der Waals surface area (Å²) < 4.78 is 13.2. The van der Waals surface area contributed by atoms with Crippen LogP contribution in [0.3, 0.4) is 0 Å². The second kappa shape index (κ2) is 12.2. The zero-order valence-electron chi connectivity index (χ0n) is 17.2. The summed E-state index contributed by atoms with van der Waals surface area (Å²) in [7, 11) is 3.99. The summed E-state index contributed by atoms with van der Waals surface area (Å²) in [6.45, 7) is 6.75. The molecule has 2 unspecified atom stereocenters. The van der Waals surface area contributed by atoms with Crippen LogP contribution in [0.1, 0.15) is 38.3 Å². The first-order valence-electron chi connectivity index (χ1n) is 9.69. The van der Waals surface area contributed by atoms with Crippen molar-refractivity contribution < 1.29 is 9.18 Å². The lowest BCUT2D eigenvalue weighted by molar-refractivity contribution is -0.129. The average molecular weight is 505 g/mol. The normalized spacial score (nSPS) is 18.0. The topological polar surface area (TPSA) is 60.0 Å². The number of hydrogen-bond acceptors (Lipinski definition) is 3. The predicted octanol–water partition coefficient (Wildman–Crippen LogP) is 2.61. The second-order valence-electron chi connectivity index (χ2n) is 7.07. The Morgan fingerprint density at radius 2 is 2.00 bits per heavy atom. The largest absolute Gasteiger partial charge is 0.357 e. The molecule has 0 spiro atoms. The van der Waals surface area contributed by atoms with E-state index in [1.165, 1.54) is 12.1 Å². The first-order chi connectivity index (χ1) is 12.9. The Kier molecular flexibility index (Phi) is 10.7. The van der Waals surface area contributed by atoms with Gasteiger partial charge in [-0.1, -0.05) is 19.1 Å². The summed E-state index contributed by atoms with van der Waals surface area (Å²) in [6.07, 6.45) is 1.47. The molecule has 0 aromatic heterocycles. The highest BCUT2D eigenvalue weighted by Gasteiger charge is 2.26. The van der Waals surface area contributed by atoms with Gasteiger partial charge >= 0.3 is 0 Å². The SMILES string of the molecule is CCNC(=NCC(c1ccc(F)cc1)N(C)C)NC1CCN(C(=O)CC)C1.I. The van der Waals surface area contributed by atoms with Crippen molar-refractivity contribution in [2.45, 2.75) is 38.8 Å². The molecule has 0 radical (unpaired) electrons. The summed E-state index contributed by atoms with van der Waals surface area (Å²) in [5, 5.41) is 6.73. The maximum atomic E-state index is 13.2. The van der Waals surface area contributed by atoms with Gasteiger partial charge in [-0.05, 0) is 45.1 Å². The van der Waals surface area contributed by atoms with Crippen LogP contribution in [0.4, 0.5) is 4.39 Å². The quantitative estimate of drug-likeness (QED) is 0.340. The zero-order chi connectivity index (χ0) is 19.8. The Morgan fingerprint density at radius 3 is 2.57 bits per heavy atom. The number of nitrogens with one attached hydrogen (secondary N) is 2. The van der Waals surface area contributed by atoms with Gasteiger partial charge in [0.05, 0.1) is 12.6 Å². The summed E-state index contributed by atoms with van der Waals surface area (Å²) in [5.74, 6) is 0.717. The van der Waals surface area contributed by atoms with Gasteiger partial charge in [-0.2, -0.15) is 0 Å². The van der Waals surface area contributed by atoms with Gasteiger partial charge in [0.15, 0.2) is 5.96 Å². The van der Waals surface area contributed by atoms with E-state index < -0.39 is 0 Å². The maximum absolute atomic E-state index is 13.2. The molecule has 1 aliphatic heterocycles. The van der Waals surface area contributed by atoms with Crippen LogP contribution in [-0.2, 0) is 4.79 Å². The lowest BCUT2D eigenvalue weighted by Crippen LogP contribution is -2.45. The van der Waals surface area contributed by atoms with Gasteiger partial charge in [0.1, 0.15) is 5.82 Å². The molecule has 2 atom stereocenters. The van der Waals surface area contributed by atoms with Crippen molar-refractivity contribution in [2.75, 3.05) is 40.3 Å². The van der Waals surface area contributed by atoms with Crippen LogP contribution >= 0.6 is 24.0 Å². The molecule has 1 aromatic rings. The highest BCUT2D eigenvalue weighted by molar-refractivity contribution is 14.0. The number of nitrogens with zero attached hydrogens (tertiary/aromatic N) is 3. The van der Waals surface area contributed by atoms with E-state index in [0.717, 1.165) is 31.0 Å². The molecule has 1 amide bonds. The number of likely N-dealkylation sites (tertiary alicyclic amines) is 1. The fourth-order valence-electron chi connectivity index (χ4n) is 3.27. The van der Waals surface area contributed by atoms with Crippen molar-refractivity contribution in [1.29, 1.82) is 0 Å². The van der Waals surface area contributed by atoms with Gasteiger partial charge in [0.25, 0.3) is 0 Å². The third-order valence-corrected chi connectivity index (χ3v) is 4.83. The number of rotatable bonds is 7. The molecule has 2 N–H and O–H groups in total. The Bertz CT molecular complexity index is 638. The van der Waals surface area contributed by atoms with Crippen LogP contribution in [-0.4, -0.2) is 68.0 Å². The number of hydrogen-bond donors (Lipinski definition) is 2. The zero-order valence-corrected chi connectivity index (χ0v) is 19.6. The molecule has 28 heavy (non-hydrogen) atoms. The van der Waals surface area contributed by atoms with Crippen molar-refractivity contribution >= 4 is 35.8 Å². The molecule has 8 heteroatoms. The summed E-state index contributed by atoms with van der Waals surface area (Å²) in [4.78, 5) is 20.6. The van der Waals surface area contributed by atoms with Crippen molar-refractivity contribution in [2.24, 2.45) is 4.99 Å². The molecule has 1 aliphatic rings. The maximum Gasteiger partial charge on any atom is 0.222 e. The third-order valence-electron chi connectivity index (χ3n) is 4.83. The van der Waals surface area contributed by atoms with Crippen LogP contribution in [0.15, 0.2) is 29.3 Å². The highest BCUT2D eigenvalue weighted by atomic mass is 127. The lowest BCUT2D eigenvalue weighted by atomic mass is 10.1.